The first-order chi connectivity index (χ1) is 12.2. The number of hydrogen-bond donors (Lipinski definition) is 2. The lowest BCUT2D eigenvalue weighted by Gasteiger charge is -2.06. The molecule has 3 rings (SSSR count). The molecule has 25 heavy (non-hydrogen) atoms. The van der Waals surface area contributed by atoms with Gasteiger partial charge in [0, 0.05) is 12.1 Å². The summed E-state index contributed by atoms with van der Waals surface area (Å²) in [5.41, 5.74) is 1.93. The highest BCUT2D eigenvalue weighted by Gasteiger charge is 2.09. The Balaban J connectivity index is 1.52. The summed E-state index contributed by atoms with van der Waals surface area (Å²) < 4.78 is 5.40. The van der Waals surface area contributed by atoms with Crippen molar-refractivity contribution in [1.29, 1.82) is 0 Å². The molecule has 3 aromatic rings. The summed E-state index contributed by atoms with van der Waals surface area (Å²) in [6.07, 6.45) is 0.164. The van der Waals surface area contributed by atoms with E-state index in [-0.39, 0.29) is 12.3 Å². The van der Waals surface area contributed by atoms with Crippen molar-refractivity contribution in [3.63, 3.8) is 0 Å². The largest absolute Gasteiger partial charge is 0.494 e. The van der Waals surface area contributed by atoms with Gasteiger partial charge in [0.2, 0.25) is 5.91 Å². The molecular weight excluding hydrogens is 316 g/mol. The van der Waals surface area contributed by atoms with E-state index < -0.39 is 0 Å². The van der Waals surface area contributed by atoms with Gasteiger partial charge < -0.3 is 10.1 Å². The Morgan fingerprint density at radius 2 is 1.88 bits per heavy atom. The summed E-state index contributed by atoms with van der Waals surface area (Å²) in [7, 11) is 0. The SMILES string of the molecule is CCOc1ccc(CNC(=O)Cc2nc(-c3ccccc3)n[nH]2)cc1. The number of carbonyl (C=O) groups is 1. The monoisotopic (exact) mass is 336 g/mol. The Labute approximate surface area is 146 Å². The minimum Gasteiger partial charge on any atom is -0.494 e. The van der Waals surface area contributed by atoms with E-state index in [0.717, 1.165) is 16.9 Å². The molecule has 1 heterocycles. The van der Waals surface area contributed by atoms with Gasteiger partial charge >= 0.3 is 0 Å². The molecule has 0 bridgehead atoms. The van der Waals surface area contributed by atoms with Gasteiger partial charge in [-0.05, 0) is 24.6 Å². The summed E-state index contributed by atoms with van der Waals surface area (Å²) >= 11 is 0. The fraction of sp³-hybridized carbons (Fsp3) is 0.211. The van der Waals surface area contributed by atoms with E-state index in [0.29, 0.717) is 24.8 Å². The summed E-state index contributed by atoms with van der Waals surface area (Å²) in [4.78, 5) is 16.4. The zero-order valence-electron chi connectivity index (χ0n) is 14.0. The Bertz CT molecular complexity index is 813. The molecule has 6 heteroatoms. The van der Waals surface area contributed by atoms with Gasteiger partial charge in [-0.3, -0.25) is 9.89 Å². The van der Waals surface area contributed by atoms with Gasteiger partial charge in [-0.15, -0.1) is 0 Å². The van der Waals surface area contributed by atoms with Crippen LogP contribution in [0.15, 0.2) is 54.6 Å². The van der Waals surface area contributed by atoms with Crippen LogP contribution in [-0.2, 0) is 17.8 Å². The van der Waals surface area contributed by atoms with Crippen LogP contribution in [0.25, 0.3) is 11.4 Å². The van der Waals surface area contributed by atoms with Crippen molar-refractivity contribution >= 4 is 5.91 Å². The normalized spacial score (nSPS) is 10.4. The van der Waals surface area contributed by atoms with Crippen LogP contribution in [-0.4, -0.2) is 27.7 Å². The highest BCUT2D eigenvalue weighted by atomic mass is 16.5. The molecule has 0 spiro atoms. The average molecular weight is 336 g/mol. The first-order valence-electron chi connectivity index (χ1n) is 8.19. The van der Waals surface area contributed by atoms with E-state index in [2.05, 4.69) is 20.5 Å². The lowest BCUT2D eigenvalue weighted by Crippen LogP contribution is -2.25. The van der Waals surface area contributed by atoms with Gasteiger partial charge in [-0.2, -0.15) is 5.10 Å². The third-order valence-corrected chi connectivity index (χ3v) is 3.62. The highest BCUT2D eigenvalue weighted by molar-refractivity contribution is 5.77. The zero-order valence-corrected chi connectivity index (χ0v) is 14.0. The number of ether oxygens (including phenoxy) is 1. The van der Waals surface area contributed by atoms with Crippen LogP contribution in [0.2, 0.25) is 0 Å². The maximum Gasteiger partial charge on any atom is 0.227 e. The third-order valence-electron chi connectivity index (χ3n) is 3.62. The van der Waals surface area contributed by atoms with Crippen molar-refractivity contribution in [1.82, 2.24) is 20.5 Å². The Kier molecular flexibility index (Phi) is 5.41. The molecule has 0 saturated heterocycles. The number of carbonyl (C=O) groups excluding carboxylic acids is 1. The van der Waals surface area contributed by atoms with Crippen molar-refractivity contribution in [3.8, 4) is 17.1 Å². The maximum atomic E-state index is 12.1. The Morgan fingerprint density at radius 3 is 2.60 bits per heavy atom. The molecule has 0 unspecified atom stereocenters. The van der Waals surface area contributed by atoms with Crippen molar-refractivity contribution < 1.29 is 9.53 Å². The topological polar surface area (TPSA) is 79.9 Å². The maximum absolute atomic E-state index is 12.1. The van der Waals surface area contributed by atoms with Crippen LogP contribution in [0.1, 0.15) is 18.3 Å². The molecule has 0 aliphatic carbocycles. The number of amides is 1. The average Bonchev–Trinajstić information content (AvgIpc) is 3.11. The fourth-order valence-corrected chi connectivity index (χ4v) is 2.38. The second kappa shape index (κ2) is 8.10. The van der Waals surface area contributed by atoms with Gasteiger partial charge in [0.25, 0.3) is 0 Å². The van der Waals surface area contributed by atoms with Crippen molar-refractivity contribution in [2.45, 2.75) is 19.9 Å². The van der Waals surface area contributed by atoms with Crippen LogP contribution in [0.5, 0.6) is 5.75 Å². The van der Waals surface area contributed by atoms with Gasteiger partial charge in [-0.1, -0.05) is 42.5 Å². The lowest BCUT2D eigenvalue weighted by molar-refractivity contribution is -0.120. The molecule has 0 fully saturated rings. The number of rotatable bonds is 7. The number of nitrogens with zero attached hydrogens (tertiary/aromatic N) is 2. The first kappa shape index (κ1) is 16.7. The van der Waals surface area contributed by atoms with Gasteiger partial charge in [0.05, 0.1) is 13.0 Å². The molecule has 1 aromatic heterocycles. The molecule has 0 atom stereocenters. The molecular formula is C19H20N4O2. The first-order valence-corrected chi connectivity index (χ1v) is 8.19. The van der Waals surface area contributed by atoms with E-state index in [9.17, 15) is 4.79 Å². The van der Waals surface area contributed by atoms with Crippen LogP contribution in [0.4, 0.5) is 0 Å². The molecule has 2 N–H and O–H groups in total. The molecule has 2 aromatic carbocycles. The lowest BCUT2D eigenvalue weighted by atomic mass is 10.2. The molecule has 1 amide bonds. The molecule has 0 aliphatic heterocycles. The third kappa shape index (κ3) is 4.67. The Morgan fingerprint density at radius 1 is 1.12 bits per heavy atom. The second-order valence-electron chi connectivity index (χ2n) is 5.50. The van der Waals surface area contributed by atoms with Gasteiger partial charge in [-0.25, -0.2) is 4.98 Å². The molecule has 6 nitrogen and oxygen atoms in total. The van der Waals surface area contributed by atoms with E-state index in [4.69, 9.17) is 4.74 Å². The van der Waals surface area contributed by atoms with E-state index >= 15 is 0 Å². The number of H-pyrrole nitrogens is 1. The van der Waals surface area contributed by atoms with Crippen LogP contribution < -0.4 is 10.1 Å². The minimum atomic E-state index is -0.107. The van der Waals surface area contributed by atoms with Crippen LogP contribution in [0.3, 0.4) is 0 Å². The Hall–Kier alpha value is -3.15. The summed E-state index contributed by atoms with van der Waals surface area (Å²) in [6.45, 7) is 3.05. The standard InChI is InChI=1S/C19H20N4O2/c1-2-25-16-10-8-14(9-11-16)13-20-18(24)12-17-21-19(23-22-17)15-6-4-3-5-7-15/h3-11H,2,12-13H2,1H3,(H,20,24)(H,21,22,23). The number of nitrogens with one attached hydrogen (secondary N) is 2. The summed E-state index contributed by atoms with van der Waals surface area (Å²) in [6, 6.07) is 17.3. The van der Waals surface area contributed by atoms with Crippen molar-refractivity contribution in [2.75, 3.05) is 6.61 Å². The quantitative estimate of drug-likeness (QED) is 0.695. The zero-order chi connectivity index (χ0) is 17.5. The predicted octanol–water partition coefficient (Wildman–Crippen LogP) is 2.73. The molecule has 0 saturated carbocycles. The number of aromatic amines is 1. The molecule has 128 valence electrons. The number of hydrogen-bond acceptors (Lipinski definition) is 4. The smallest absolute Gasteiger partial charge is 0.227 e. The van der Waals surface area contributed by atoms with Crippen LogP contribution in [0, 0.1) is 0 Å². The van der Waals surface area contributed by atoms with Crippen molar-refractivity contribution in [2.24, 2.45) is 0 Å². The summed E-state index contributed by atoms with van der Waals surface area (Å²) in [5, 5.41) is 9.85. The van der Waals surface area contributed by atoms with E-state index in [1.165, 1.54) is 0 Å². The van der Waals surface area contributed by atoms with E-state index in [1.807, 2.05) is 61.5 Å². The van der Waals surface area contributed by atoms with Crippen molar-refractivity contribution in [3.05, 3.63) is 66.0 Å². The van der Waals surface area contributed by atoms with Crippen LogP contribution >= 0.6 is 0 Å². The number of benzene rings is 2. The fourth-order valence-electron chi connectivity index (χ4n) is 2.38. The van der Waals surface area contributed by atoms with Gasteiger partial charge in [0.1, 0.15) is 11.6 Å². The van der Waals surface area contributed by atoms with E-state index in [1.54, 1.807) is 0 Å². The summed E-state index contributed by atoms with van der Waals surface area (Å²) in [5.74, 6) is 1.86. The second-order valence-corrected chi connectivity index (χ2v) is 5.50. The minimum absolute atomic E-state index is 0.107. The molecule has 0 radical (unpaired) electrons. The highest BCUT2D eigenvalue weighted by Crippen LogP contribution is 2.14. The predicted molar refractivity (Wildman–Crippen MR) is 95.0 cm³/mol. The van der Waals surface area contributed by atoms with Gasteiger partial charge in [0.15, 0.2) is 5.82 Å². The number of aromatic nitrogens is 3. The molecule has 0 aliphatic rings.